The second-order valence-corrected chi connectivity index (χ2v) is 7.93. The number of halogens is 1. The minimum atomic E-state index is -1.13. The molecule has 31 heavy (non-hydrogen) atoms. The molecule has 9 nitrogen and oxygen atoms in total. The van der Waals surface area contributed by atoms with E-state index in [1.807, 2.05) is 0 Å². The van der Waals surface area contributed by atoms with Crippen molar-refractivity contribution in [1.29, 1.82) is 0 Å². The average molecular weight is 426 g/mol. The van der Waals surface area contributed by atoms with E-state index < -0.39 is 17.3 Å². The van der Waals surface area contributed by atoms with Gasteiger partial charge in [-0.15, -0.1) is 0 Å². The van der Waals surface area contributed by atoms with E-state index >= 15 is 0 Å². The van der Waals surface area contributed by atoms with E-state index in [9.17, 15) is 9.18 Å². The number of rotatable bonds is 5. The van der Waals surface area contributed by atoms with E-state index in [2.05, 4.69) is 20.3 Å². The summed E-state index contributed by atoms with van der Waals surface area (Å²) in [4.78, 5) is 25.0. The third-order valence-electron chi connectivity index (χ3n) is 4.79. The van der Waals surface area contributed by atoms with Crippen LogP contribution in [0, 0.1) is 5.82 Å². The van der Waals surface area contributed by atoms with Gasteiger partial charge in [0.25, 0.3) is 0 Å². The fourth-order valence-electron chi connectivity index (χ4n) is 3.07. The predicted molar refractivity (Wildman–Crippen MR) is 114 cm³/mol. The van der Waals surface area contributed by atoms with Gasteiger partial charge in [0, 0.05) is 12.0 Å². The first-order valence-corrected chi connectivity index (χ1v) is 9.79. The smallest absolute Gasteiger partial charge is 0.245 e. The summed E-state index contributed by atoms with van der Waals surface area (Å²) in [6.07, 6.45) is 0.596. The van der Waals surface area contributed by atoms with Gasteiger partial charge in [0.15, 0.2) is 5.52 Å². The molecule has 0 spiro atoms. The lowest BCUT2D eigenvalue weighted by atomic mass is 10.1. The van der Waals surface area contributed by atoms with E-state index in [0.717, 1.165) is 6.42 Å². The molecule has 0 unspecified atom stereocenters. The Hall–Kier alpha value is -3.37. The molecule has 2 aromatic heterocycles. The third kappa shape index (κ3) is 4.54. The zero-order valence-electron chi connectivity index (χ0n) is 17.2. The maximum absolute atomic E-state index is 14.6. The Morgan fingerprint density at radius 1 is 1.26 bits per heavy atom. The number of pyridine rings is 1. The van der Waals surface area contributed by atoms with Crippen LogP contribution in [0.2, 0.25) is 0 Å². The summed E-state index contributed by atoms with van der Waals surface area (Å²) in [5.41, 5.74) is 12.4. The highest BCUT2D eigenvalue weighted by atomic mass is 19.1. The lowest BCUT2D eigenvalue weighted by molar-refractivity contribution is -0.120. The standard InChI is InChI=1S/C21H23FN6O3/c1-21(2,24)19(29)26-15-4-3-11(9-13(15)22)14-5-6-16-17(25-14)18(28-20(23)27-16)31-12-7-8-30-10-12/h3-6,9,12H,7-8,10,24H2,1-2H3,(H,26,29)(H2,23,27,28)/t12-/m1/s1. The van der Waals surface area contributed by atoms with Crippen LogP contribution >= 0.6 is 0 Å². The van der Waals surface area contributed by atoms with Crippen molar-refractivity contribution in [1.82, 2.24) is 15.0 Å². The Morgan fingerprint density at radius 2 is 2.06 bits per heavy atom. The third-order valence-corrected chi connectivity index (χ3v) is 4.79. The van der Waals surface area contributed by atoms with Crippen LogP contribution in [0.1, 0.15) is 20.3 Å². The molecule has 1 atom stereocenters. The Balaban J connectivity index is 1.67. The van der Waals surface area contributed by atoms with Gasteiger partial charge in [0.05, 0.1) is 35.7 Å². The van der Waals surface area contributed by atoms with Gasteiger partial charge in [0.2, 0.25) is 17.7 Å². The summed E-state index contributed by atoms with van der Waals surface area (Å²) in [5, 5.41) is 2.49. The Bertz CT molecular complexity index is 1140. The number of anilines is 2. The number of nitrogens with zero attached hydrogens (tertiary/aromatic N) is 3. The van der Waals surface area contributed by atoms with E-state index in [1.165, 1.54) is 12.1 Å². The van der Waals surface area contributed by atoms with Gasteiger partial charge in [-0.2, -0.15) is 4.98 Å². The number of nitrogen functional groups attached to an aromatic ring is 1. The molecule has 0 bridgehead atoms. The normalized spacial score (nSPS) is 16.5. The quantitative estimate of drug-likeness (QED) is 0.565. The van der Waals surface area contributed by atoms with Gasteiger partial charge < -0.3 is 26.3 Å². The molecule has 5 N–H and O–H groups in total. The van der Waals surface area contributed by atoms with Crippen molar-refractivity contribution in [2.24, 2.45) is 5.73 Å². The molecule has 3 aromatic rings. The van der Waals surface area contributed by atoms with Gasteiger partial charge in [-0.1, -0.05) is 6.07 Å². The SMILES string of the molecule is CC(C)(N)C(=O)Nc1ccc(-c2ccc3nc(N)nc(O[C@@H]4CCOC4)c3n2)cc1F. The molecule has 1 aliphatic heterocycles. The van der Waals surface area contributed by atoms with Crippen LogP contribution in [0.15, 0.2) is 30.3 Å². The molecular formula is C21H23FN6O3. The Labute approximate surface area is 178 Å². The van der Waals surface area contributed by atoms with E-state index in [0.29, 0.717) is 35.5 Å². The molecule has 0 radical (unpaired) electrons. The number of benzene rings is 1. The number of carbonyl (C=O) groups excluding carboxylic acids is 1. The van der Waals surface area contributed by atoms with Crippen LogP contribution in [-0.2, 0) is 9.53 Å². The summed E-state index contributed by atoms with van der Waals surface area (Å²) >= 11 is 0. The number of aromatic nitrogens is 3. The molecule has 0 aliphatic carbocycles. The number of hydrogen-bond acceptors (Lipinski definition) is 8. The first kappa shape index (κ1) is 20.9. The van der Waals surface area contributed by atoms with Crippen molar-refractivity contribution >= 4 is 28.6 Å². The number of ether oxygens (including phenoxy) is 2. The van der Waals surface area contributed by atoms with Crippen LogP contribution < -0.4 is 21.5 Å². The molecule has 1 amide bonds. The maximum atomic E-state index is 14.6. The van der Waals surface area contributed by atoms with Crippen LogP contribution in [0.3, 0.4) is 0 Å². The first-order chi connectivity index (χ1) is 14.7. The molecule has 0 saturated carbocycles. The lowest BCUT2D eigenvalue weighted by Crippen LogP contribution is -2.45. The summed E-state index contributed by atoms with van der Waals surface area (Å²) < 4.78 is 25.9. The van der Waals surface area contributed by atoms with Gasteiger partial charge in [-0.3, -0.25) is 4.79 Å². The monoisotopic (exact) mass is 426 g/mol. The number of nitrogens with one attached hydrogen (secondary N) is 1. The summed E-state index contributed by atoms with van der Waals surface area (Å²) in [6, 6.07) is 7.83. The number of fused-ring (bicyclic) bond motifs is 1. The lowest BCUT2D eigenvalue weighted by Gasteiger charge is -2.18. The van der Waals surface area contributed by atoms with Crippen LogP contribution in [0.5, 0.6) is 5.88 Å². The average Bonchev–Trinajstić information content (AvgIpc) is 3.21. The van der Waals surface area contributed by atoms with Crippen molar-refractivity contribution in [3.05, 3.63) is 36.1 Å². The fourth-order valence-corrected chi connectivity index (χ4v) is 3.07. The minimum absolute atomic E-state index is 0.0365. The highest BCUT2D eigenvalue weighted by Crippen LogP contribution is 2.29. The minimum Gasteiger partial charge on any atom is -0.470 e. The Kier molecular flexibility index (Phi) is 5.42. The maximum Gasteiger partial charge on any atom is 0.245 e. The highest BCUT2D eigenvalue weighted by molar-refractivity contribution is 5.97. The summed E-state index contributed by atoms with van der Waals surface area (Å²) in [6.45, 7) is 4.16. The van der Waals surface area contributed by atoms with Crippen molar-refractivity contribution in [3.63, 3.8) is 0 Å². The number of amides is 1. The van der Waals surface area contributed by atoms with Gasteiger partial charge in [-0.25, -0.2) is 14.4 Å². The van der Waals surface area contributed by atoms with E-state index in [4.69, 9.17) is 20.9 Å². The predicted octanol–water partition coefficient (Wildman–Crippen LogP) is 2.26. The molecule has 1 fully saturated rings. The second kappa shape index (κ2) is 8.05. The molecular weight excluding hydrogens is 403 g/mol. The van der Waals surface area contributed by atoms with Crippen molar-refractivity contribution in [2.45, 2.75) is 31.9 Å². The molecule has 4 rings (SSSR count). The summed E-state index contributed by atoms with van der Waals surface area (Å²) in [5.74, 6) is -0.764. The highest BCUT2D eigenvalue weighted by Gasteiger charge is 2.23. The molecule has 10 heteroatoms. The van der Waals surface area contributed by atoms with Crippen LogP contribution in [0.25, 0.3) is 22.3 Å². The molecule has 1 saturated heterocycles. The number of carbonyl (C=O) groups is 1. The van der Waals surface area contributed by atoms with E-state index in [-0.39, 0.29) is 23.6 Å². The zero-order chi connectivity index (χ0) is 22.2. The van der Waals surface area contributed by atoms with Gasteiger partial charge >= 0.3 is 0 Å². The summed E-state index contributed by atoms with van der Waals surface area (Å²) in [7, 11) is 0. The molecule has 162 valence electrons. The van der Waals surface area contributed by atoms with Crippen molar-refractivity contribution in [3.8, 4) is 17.1 Å². The first-order valence-electron chi connectivity index (χ1n) is 9.79. The second-order valence-electron chi connectivity index (χ2n) is 7.93. The largest absolute Gasteiger partial charge is 0.470 e. The van der Waals surface area contributed by atoms with Crippen molar-refractivity contribution in [2.75, 3.05) is 24.3 Å². The van der Waals surface area contributed by atoms with Gasteiger partial charge in [0.1, 0.15) is 11.9 Å². The van der Waals surface area contributed by atoms with Crippen molar-refractivity contribution < 1.29 is 18.7 Å². The number of nitrogens with two attached hydrogens (primary N) is 2. The van der Waals surface area contributed by atoms with Gasteiger partial charge in [-0.05, 0) is 38.1 Å². The number of hydrogen-bond donors (Lipinski definition) is 3. The topological polar surface area (TPSA) is 138 Å². The fraction of sp³-hybridized carbons (Fsp3) is 0.333. The molecule has 3 heterocycles. The Morgan fingerprint density at radius 3 is 2.74 bits per heavy atom. The van der Waals surface area contributed by atoms with Crippen LogP contribution in [0.4, 0.5) is 16.0 Å². The van der Waals surface area contributed by atoms with E-state index in [1.54, 1.807) is 32.0 Å². The molecule has 1 aliphatic rings. The van der Waals surface area contributed by atoms with Crippen LogP contribution in [-0.4, -0.2) is 45.7 Å². The molecule has 1 aromatic carbocycles. The zero-order valence-corrected chi connectivity index (χ0v) is 17.2.